The molecule has 2 aromatic carbocycles. The zero-order valence-electron chi connectivity index (χ0n) is 15.1. The topological polar surface area (TPSA) is 54.9 Å². The summed E-state index contributed by atoms with van der Waals surface area (Å²) >= 11 is 6.61. The Kier molecular flexibility index (Phi) is 6.02. The molecule has 3 rings (SSSR count). The lowest BCUT2D eigenvalue weighted by Crippen LogP contribution is -2.39. The fraction of sp³-hybridized carbons (Fsp3) is 0.150. The van der Waals surface area contributed by atoms with Gasteiger partial charge in [0.25, 0.3) is 5.91 Å². The van der Waals surface area contributed by atoms with Gasteiger partial charge in [-0.15, -0.1) is 11.6 Å². The van der Waals surface area contributed by atoms with Crippen LogP contribution in [0.25, 0.3) is 0 Å². The van der Waals surface area contributed by atoms with Crippen LogP contribution in [0.4, 0.5) is 22.0 Å². The normalized spacial score (nSPS) is 13.5. The zero-order chi connectivity index (χ0) is 21.9. The van der Waals surface area contributed by atoms with Gasteiger partial charge in [-0.05, 0) is 29.8 Å². The smallest absolute Gasteiger partial charge is 0.350 e. The molecule has 1 N–H and O–H groups in total. The SMILES string of the molecule is O=C(NCC(Cl)(c1ccc(F)cc1)c1cnc(C(F)(F)F)nc1F)c1ccccc1. The molecule has 1 amide bonds. The number of nitrogens with zero attached hydrogens (tertiary/aromatic N) is 2. The second-order valence-corrected chi connectivity index (χ2v) is 6.90. The van der Waals surface area contributed by atoms with Crippen molar-refractivity contribution in [3.05, 3.63) is 95.1 Å². The Hall–Kier alpha value is -3.07. The van der Waals surface area contributed by atoms with Crippen molar-refractivity contribution in [3.8, 4) is 0 Å². The fourth-order valence-electron chi connectivity index (χ4n) is 2.72. The Balaban J connectivity index is 2.00. The van der Waals surface area contributed by atoms with Crippen molar-refractivity contribution in [2.24, 2.45) is 0 Å². The number of carbonyl (C=O) groups excluding carboxylic acids is 1. The molecular weight excluding hydrogens is 429 g/mol. The zero-order valence-corrected chi connectivity index (χ0v) is 15.8. The molecule has 0 spiro atoms. The van der Waals surface area contributed by atoms with Gasteiger partial charge in [0.2, 0.25) is 11.8 Å². The first kappa shape index (κ1) is 21.6. The molecule has 1 heterocycles. The number of rotatable bonds is 5. The molecule has 1 aromatic heterocycles. The van der Waals surface area contributed by atoms with Gasteiger partial charge in [-0.3, -0.25) is 4.79 Å². The van der Waals surface area contributed by atoms with Crippen LogP contribution in [0.2, 0.25) is 0 Å². The molecule has 1 atom stereocenters. The lowest BCUT2D eigenvalue weighted by molar-refractivity contribution is -0.145. The van der Waals surface area contributed by atoms with E-state index in [9.17, 15) is 26.7 Å². The third-order valence-corrected chi connectivity index (χ3v) is 4.81. The molecule has 156 valence electrons. The Labute approximate surface area is 172 Å². The second kappa shape index (κ2) is 8.35. The molecule has 10 heteroatoms. The summed E-state index contributed by atoms with van der Waals surface area (Å²) < 4.78 is 66.3. The van der Waals surface area contributed by atoms with Crippen LogP contribution in [-0.2, 0) is 11.1 Å². The van der Waals surface area contributed by atoms with Crippen molar-refractivity contribution in [1.82, 2.24) is 15.3 Å². The molecule has 4 nitrogen and oxygen atoms in total. The Morgan fingerprint density at radius 1 is 1.00 bits per heavy atom. The predicted octanol–water partition coefficient (Wildman–Crippen LogP) is 4.69. The minimum atomic E-state index is -4.95. The maximum absolute atomic E-state index is 14.6. The first-order valence-corrected chi connectivity index (χ1v) is 8.87. The van der Waals surface area contributed by atoms with Gasteiger partial charge < -0.3 is 5.32 Å². The third-order valence-electron chi connectivity index (χ3n) is 4.25. The van der Waals surface area contributed by atoms with Crippen LogP contribution in [-0.4, -0.2) is 22.4 Å². The van der Waals surface area contributed by atoms with E-state index in [4.69, 9.17) is 11.6 Å². The highest BCUT2D eigenvalue weighted by Crippen LogP contribution is 2.38. The van der Waals surface area contributed by atoms with Crippen LogP contribution in [0.15, 0.2) is 60.8 Å². The second-order valence-electron chi connectivity index (χ2n) is 6.25. The van der Waals surface area contributed by atoms with Gasteiger partial charge in [-0.2, -0.15) is 22.5 Å². The number of nitrogens with one attached hydrogen (secondary N) is 1. The maximum Gasteiger partial charge on any atom is 0.451 e. The molecule has 0 radical (unpaired) electrons. The van der Waals surface area contributed by atoms with Crippen molar-refractivity contribution < 1.29 is 26.7 Å². The van der Waals surface area contributed by atoms with Crippen LogP contribution in [0, 0.1) is 11.8 Å². The molecular formula is C20H13ClF5N3O. The van der Waals surface area contributed by atoms with E-state index in [1.807, 2.05) is 0 Å². The number of hydrogen-bond acceptors (Lipinski definition) is 3. The molecule has 1 unspecified atom stereocenters. The summed E-state index contributed by atoms with van der Waals surface area (Å²) in [5.41, 5.74) is -0.0851. The Morgan fingerprint density at radius 3 is 2.20 bits per heavy atom. The van der Waals surface area contributed by atoms with Gasteiger partial charge in [0.15, 0.2) is 0 Å². The van der Waals surface area contributed by atoms with E-state index < -0.39 is 46.7 Å². The number of halogens is 6. The number of benzene rings is 2. The van der Waals surface area contributed by atoms with E-state index in [1.165, 1.54) is 24.3 Å². The van der Waals surface area contributed by atoms with Gasteiger partial charge >= 0.3 is 6.18 Å². The minimum absolute atomic E-state index is 0.126. The van der Waals surface area contributed by atoms with Gasteiger partial charge in [0.1, 0.15) is 10.7 Å². The summed E-state index contributed by atoms with van der Waals surface area (Å²) in [5, 5.41) is 2.51. The van der Waals surface area contributed by atoms with Crippen molar-refractivity contribution in [2.45, 2.75) is 11.1 Å². The monoisotopic (exact) mass is 441 g/mol. The molecule has 3 aromatic rings. The highest BCUT2D eigenvalue weighted by Gasteiger charge is 2.40. The van der Waals surface area contributed by atoms with Crippen molar-refractivity contribution in [3.63, 3.8) is 0 Å². The van der Waals surface area contributed by atoms with Gasteiger partial charge in [-0.1, -0.05) is 30.3 Å². The number of amides is 1. The van der Waals surface area contributed by atoms with Gasteiger partial charge in [0, 0.05) is 18.3 Å². The average molecular weight is 442 g/mol. The first-order chi connectivity index (χ1) is 14.1. The fourth-order valence-corrected chi connectivity index (χ4v) is 3.04. The molecule has 0 fully saturated rings. The molecule has 0 bridgehead atoms. The number of hydrogen-bond donors (Lipinski definition) is 1. The summed E-state index contributed by atoms with van der Waals surface area (Å²) in [6.07, 6.45) is -4.35. The van der Waals surface area contributed by atoms with Crippen molar-refractivity contribution >= 4 is 17.5 Å². The Morgan fingerprint density at radius 2 is 1.63 bits per heavy atom. The standard InChI is InChI=1S/C20H13ClF5N3O/c21-19(13-6-8-14(22)9-7-13,11-28-17(30)12-4-2-1-3-5-12)15-10-27-18(20(24,25)26)29-16(15)23/h1-10H,11H2,(H,28,30). The summed E-state index contributed by atoms with van der Waals surface area (Å²) in [6, 6.07) is 12.6. The maximum atomic E-state index is 14.6. The highest BCUT2D eigenvalue weighted by atomic mass is 35.5. The molecule has 0 aliphatic rings. The third kappa shape index (κ3) is 4.56. The molecule has 30 heavy (non-hydrogen) atoms. The number of aromatic nitrogens is 2. The predicted molar refractivity (Wildman–Crippen MR) is 98.8 cm³/mol. The van der Waals surface area contributed by atoms with E-state index in [0.29, 0.717) is 11.8 Å². The molecule has 0 saturated heterocycles. The first-order valence-electron chi connectivity index (χ1n) is 8.49. The summed E-state index contributed by atoms with van der Waals surface area (Å²) in [6.45, 7) is -0.431. The van der Waals surface area contributed by atoms with Crippen LogP contribution >= 0.6 is 11.6 Å². The van der Waals surface area contributed by atoms with Crippen LogP contribution in [0.3, 0.4) is 0 Å². The van der Waals surface area contributed by atoms with Gasteiger partial charge in [0.05, 0.1) is 5.56 Å². The quantitative estimate of drug-likeness (QED) is 0.355. The largest absolute Gasteiger partial charge is 0.451 e. The Bertz CT molecular complexity index is 1040. The van der Waals surface area contributed by atoms with E-state index in [0.717, 1.165) is 12.1 Å². The van der Waals surface area contributed by atoms with E-state index in [2.05, 4.69) is 15.3 Å². The van der Waals surface area contributed by atoms with E-state index in [-0.39, 0.29) is 5.56 Å². The van der Waals surface area contributed by atoms with Crippen molar-refractivity contribution in [1.29, 1.82) is 0 Å². The highest BCUT2D eigenvalue weighted by molar-refractivity contribution is 6.26. The number of carbonyl (C=O) groups is 1. The summed E-state index contributed by atoms with van der Waals surface area (Å²) in [7, 11) is 0. The van der Waals surface area contributed by atoms with Gasteiger partial charge in [-0.25, -0.2) is 9.37 Å². The number of alkyl halides is 4. The minimum Gasteiger partial charge on any atom is -0.350 e. The van der Waals surface area contributed by atoms with Crippen LogP contribution in [0.1, 0.15) is 27.3 Å². The van der Waals surface area contributed by atoms with Crippen LogP contribution < -0.4 is 5.32 Å². The van der Waals surface area contributed by atoms with E-state index in [1.54, 1.807) is 18.2 Å². The van der Waals surface area contributed by atoms with Crippen molar-refractivity contribution in [2.75, 3.05) is 6.54 Å². The lowest BCUT2D eigenvalue weighted by atomic mass is 9.91. The molecule has 0 saturated carbocycles. The molecule has 0 aliphatic carbocycles. The summed E-state index contributed by atoms with van der Waals surface area (Å²) in [5.74, 6) is -4.33. The summed E-state index contributed by atoms with van der Waals surface area (Å²) in [4.78, 5) is 16.5. The van der Waals surface area contributed by atoms with E-state index >= 15 is 0 Å². The molecule has 0 aliphatic heterocycles. The average Bonchev–Trinajstić information content (AvgIpc) is 2.72. The van der Waals surface area contributed by atoms with Crippen LogP contribution in [0.5, 0.6) is 0 Å². The lowest BCUT2D eigenvalue weighted by Gasteiger charge is -2.28.